The first kappa shape index (κ1) is 15.8. The summed E-state index contributed by atoms with van der Waals surface area (Å²) in [5.74, 6) is 0.506. The summed E-state index contributed by atoms with van der Waals surface area (Å²) < 4.78 is 24.4. The molecule has 0 spiro atoms. The van der Waals surface area contributed by atoms with E-state index in [1.165, 1.54) is 0 Å². The first-order valence-electron chi connectivity index (χ1n) is 7.91. The summed E-state index contributed by atoms with van der Waals surface area (Å²) in [7, 11) is -3.07. The highest BCUT2D eigenvalue weighted by atomic mass is 32.2. The minimum absolute atomic E-state index is 0.0303. The second-order valence-electron chi connectivity index (χ2n) is 6.69. The van der Waals surface area contributed by atoms with Gasteiger partial charge in [-0.25, -0.2) is 8.42 Å². The van der Waals surface area contributed by atoms with E-state index in [-0.39, 0.29) is 23.3 Å². The van der Waals surface area contributed by atoms with Crippen molar-refractivity contribution >= 4 is 15.7 Å². The number of carbonyl (C=O) groups excluding carboxylic acids is 1. The standard InChI is InChI=1S/C15H27NO3S/c1-12(2)11-16(13-7-8-13)15(17)9-10-20(18,19)14-5-3-4-6-14/h12-14H,3-11H2,1-2H3. The van der Waals surface area contributed by atoms with Crippen molar-refractivity contribution in [3.63, 3.8) is 0 Å². The Balaban J connectivity index is 1.86. The molecule has 2 fully saturated rings. The minimum atomic E-state index is -3.07. The highest BCUT2D eigenvalue weighted by Gasteiger charge is 2.34. The van der Waals surface area contributed by atoms with E-state index in [4.69, 9.17) is 0 Å². The van der Waals surface area contributed by atoms with Gasteiger partial charge in [0.1, 0.15) is 0 Å². The molecule has 0 saturated heterocycles. The average Bonchev–Trinajstić information content (AvgIpc) is 3.05. The van der Waals surface area contributed by atoms with Gasteiger partial charge in [0, 0.05) is 19.0 Å². The third-order valence-electron chi connectivity index (χ3n) is 4.28. The molecule has 5 heteroatoms. The maximum absolute atomic E-state index is 12.3. The zero-order chi connectivity index (χ0) is 14.8. The summed E-state index contributed by atoms with van der Waals surface area (Å²) in [4.78, 5) is 14.2. The van der Waals surface area contributed by atoms with Crippen LogP contribution in [0, 0.1) is 5.92 Å². The maximum atomic E-state index is 12.3. The van der Waals surface area contributed by atoms with Crippen LogP contribution in [0.4, 0.5) is 0 Å². The van der Waals surface area contributed by atoms with E-state index in [1.54, 1.807) is 0 Å². The van der Waals surface area contributed by atoms with Crippen molar-refractivity contribution in [1.82, 2.24) is 4.90 Å². The molecule has 116 valence electrons. The quantitative estimate of drug-likeness (QED) is 0.725. The van der Waals surface area contributed by atoms with Crippen molar-refractivity contribution in [2.24, 2.45) is 5.92 Å². The van der Waals surface area contributed by atoms with Gasteiger partial charge in [-0.15, -0.1) is 0 Å². The van der Waals surface area contributed by atoms with Crippen LogP contribution >= 0.6 is 0 Å². The molecule has 20 heavy (non-hydrogen) atoms. The molecule has 0 radical (unpaired) electrons. The number of hydrogen-bond acceptors (Lipinski definition) is 3. The summed E-state index contributed by atoms with van der Waals surface area (Å²) in [6.45, 7) is 4.95. The molecule has 2 aliphatic carbocycles. The van der Waals surface area contributed by atoms with Gasteiger partial charge in [0.05, 0.1) is 11.0 Å². The fraction of sp³-hybridized carbons (Fsp3) is 0.933. The number of sulfone groups is 1. The molecular weight excluding hydrogens is 274 g/mol. The Morgan fingerprint density at radius 2 is 1.75 bits per heavy atom. The summed E-state index contributed by atoms with van der Waals surface area (Å²) >= 11 is 0. The van der Waals surface area contributed by atoms with Gasteiger partial charge in [-0.05, 0) is 31.6 Å². The van der Waals surface area contributed by atoms with Crippen LogP contribution in [0.1, 0.15) is 58.8 Å². The predicted octanol–water partition coefficient (Wildman–Crippen LogP) is 2.38. The maximum Gasteiger partial charge on any atom is 0.223 e. The molecule has 0 aromatic rings. The molecule has 4 nitrogen and oxygen atoms in total. The van der Waals surface area contributed by atoms with Gasteiger partial charge >= 0.3 is 0 Å². The highest BCUT2D eigenvalue weighted by molar-refractivity contribution is 7.92. The first-order valence-corrected chi connectivity index (χ1v) is 9.62. The molecule has 0 heterocycles. The Bertz CT molecular complexity index is 434. The van der Waals surface area contributed by atoms with Crippen molar-refractivity contribution in [2.45, 2.75) is 70.1 Å². The van der Waals surface area contributed by atoms with Crippen LogP contribution in [-0.4, -0.2) is 42.8 Å². The predicted molar refractivity (Wildman–Crippen MR) is 80.2 cm³/mol. The monoisotopic (exact) mass is 301 g/mol. The van der Waals surface area contributed by atoms with Crippen LogP contribution in [0.15, 0.2) is 0 Å². The molecule has 2 aliphatic rings. The van der Waals surface area contributed by atoms with Crippen LogP contribution in [0.3, 0.4) is 0 Å². The summed E-state index contributed by atoms with van der Waals surface area (Å²) in [5.41, 5.74) is 0. The van der Waals surface area contributed by atoms with Crippen LogP contribution < -0.4 is 0 Å². The van der Waals surface area contributed by atoms with Gasteiger partial charge in [-0.1, -0.05) is 26.7 Å². The Morgan fingerprint density at radius 1 is 1.15 bits per heavy atom. The zero-order valence-electron chi connectivity index (χ0n) is 12.7. The van der Waals surface area contributed by atoms with Gasteiger partial charge < -0.3 is 4.90 Å². The number of amides is 1. The molecule has 2 saturated carbocycles. The van der Waals surface area contributed by atoms with E-state index < -0.39 is 9.84 Å². The fourth-order valence-corrected chi connectivity index (χ4v) is 4.87. The molecule has 2 rings (SSSR count). The second-order valence-corrected chi connectivity index (χ2v) is 9.10. The topological polar surface area (TPSA) is 54.5 Å². The van der Waals surface area contributed by atoms with Gasteiger partial charge in [-0.3, -0.25) is 4.79 Å². The lowest BCUT2D eigenvalue weighted by atomic mass is 10.2. The summed E-state index contributed by atoms with van der Waals surface area (Å²) in [6, 6.07) is 0.374. The Hall–Kier alpha value is -0.580. The number of carbonyl (C=O) groups is 1. The third-order valence-corrected chi connectivity index (χ3v) is 6.54. The molecule has 0 unspecified atom stereocenters. The number of hydrogen-bond donors (Lipinski definition) is 0. The molecular formula is C15H27NO3S. The molecule has 0 atom stereocenters. The van der Waals surface area contributed by atoms with Crippen LogP contribution in [0.5, 0.6) is 0 Å². The normalized spacial score (nSPS) is 20.6. The Labute approximate surface area is 122 Å². The highest BCUT2D eigenvalue weighted by Crippen LogP contribution is 2.29. The van der Waals surface area contributed by atoms with Crippen LogP contribution in [0.2, 0.25) is 0 Å². The van der Waals surface area contributed by atoms with Crippen molar-refractivity contribution < 1.29 is 13.2 Å². The molecule has 0 aromatic heterocycles. The number of rotatable bonds is 7. The largest absolute Gasteiger partial charge is 0.339 e. The van der Waals surface area contributed by atoms with E-state index in [2.05, 4.69) is 13.8 Å². The van der Waals surface area contributed by atoms with Gasteiger partial charge in [0.2, 0.25) is 5.91 Å². The lowest BCUT2D eigenvalue weighted by Gasteiger charge is -2.24. The van der Waals surface area contributed by atoms with E-state index in [9.17, 15) is 13.2 Å². The van der Waals surface area contributed by atoms with E-state index in [0.29, 0.717) is 12.0 Å². The minimum Gasteiger partial charge on any atom is -0.339 e. The van der Waals surface area contributed by atoms with E-state index in [0.717, 1.165) is 45.1 Å². The average molecular weight is 301 g/mol. The fourth-order valence-electron chi connectivity index (χ4n) is 3.02. The van der Waals surface area contributed by atoms with Crippen molar-refractivity contribution in [2.75, 3.05) is 12.3 Å². The smallest absolute Gasteiger partial charge is 0.223 e. The second kappa shape index (κ2) is 6.46. The lowest BCUT2D eigenvalue weighted by Crippen LogP contribution is -2.37. The SMILES string of the molecule is CC(C)CN(C(=O)CCS(=O)(=O)C1CCCC1)C1CC1. The van der Waals surface area contributed by atoms with Crippen molar-refractivity contribution in [1.29, 1.82) is 0 Å². The van der Waals surface area contributed by atoms with Crippen molar-refractivity contribution in [3.05, 3.63) is 0 Å². The Kier molecular flexibility index (Phi) is 5.10. The summed E-state index contributed by atoms with van der Waals surface area (Å²) in [6.07, 6.45) is 5.92. The molecule has 0 aliphatic heterocycles. The molecule has 0 aromatic carbocycles. The summed E-state index contributed by atoms with van der Waals surface area (Å²) in [5, 5.41) is -0.185. The Morgan fingerprint density at radius 3 is 2.25 bits per heavy atom. The molecule has 1 amide bonds. The molecule has 0 N–H and O–H groups in total. The number of nitrogens with zero attached hydrogens (tertiary/aromatic N) is 1. The lowest BCUT2D eigenvalue weighted by molar-refractivity contribution is -0.131. The van der Waals surface area contributed by atoms with E-state index in [1.807, 2.05) is 4.90 Å². The van der Waals surface area contributed by atoms with Crippen molar-refractivity contribution in [3.8, 4) is 0 Å². The zero-order valence-corrected chi connectivity index (χ0v) is 13.5. The van der Waals surface area contributed by atoms with Gasteiger partial charge in [0.25, 0.3) is 0 Å². The first-order chi connectivity index (χ1) is 9.40. The molecule has 0 bridgehead atoms. The third kappa shape index (κ3) is 4.21. The van der Waals surface area contributed by atoms with Crippen LogP contribution in [0.25, 0.3) is 0 Å². The van der Waals surface area contributed by atoms with Gasteiger partial charge in [-0.2, -0.15) is 0 Å². The van der Waals surface area contributed by atoms with E-state index >= 15 is 0 Å². The van der Waals surface area contributed by atoms with Gasteiger partial charge in [0.15, 0.2) is 9.84 Å². The van der Waals surface area contributed by atoms with Crippen LogP contribution in [-0.2, 0) is 14.6 Å².